The van der Waals surface area contributed by atoms with Crippen molar-refractivity contribution < 1.29 is 5.11 Å². The summed E-state index contributed by atoms with van der Waals surface area (Å²) in [6.07, 6.45) is 7.52. The smallest absolute Gasteiger partial charge is 0.109 e. The van der Waals surface area contributed by atoms with Crippen LogP contribution in [0.2, 0.25) is 0 Å². The predicted octanol–water partition coefficient (Wildman–Crippen LogP) is 2.42. The second-order valence-electron chi connectivity index (χ2n) is 4.77. The number of aliphatic hydroxyl groups excluding tert-OH is 1. The van der Waals surface area contributed by atoms with Crippen molar-refractivity contribution in [1.82, 2.24) is 15.0 Å². The molecule has 0 aliphatic heterocycles. The van der Waals surface area contributed by atoms with Crippen molar-refractivity contribution >= 4 is 0 Å². The van der Waals surface area contributed by atoms with E-state index in [-0.39, 0.29) is 6.10 Å². The molecule has 90 valence electrons. The number of rotatable bonds is 2. The number of hydrogen-bond acceptors (Lipinski definition) is 2. The highest BCUT2D eigenvalue weighted by molar-refractivity contribution is 5.53. The summed E-state index contributed by atoms with van der Waals surface area (Å²) in [4.78, 5) is 11.0. The highest BCUT2D eigenvalue weighted by atomic mass is 16.3. The molecular weight excluding hydrogens is 214 g/mol. The van der Waals surface area contributed by atoms with Gasteiger partial charge in [-0.1, -0.05) is 0 Å². The molecule has 0 spiro atoms. The molecule has 4 heteroatoms. The molecular formula is C13H17N3O. The number of H-pyrrole nitrogens is 2. The Morgan fingerprint density at radius 1 is 1.18 bits per heavy atom. The Kier molecular flexibility index (Phi) is 2.73. The van der Waals surface area contributed by atoms with Crippen molar-refractivity contribution in [2.45, 2.75) is 37.7 Å². The number of nitrogens with zero attached hydrogens (tertiary/aromatic N) is 1. The SMILES string of the molecule is OC1CCC(c2ncc(-c3ccc[nH]3)[nH]2)CC1. The van der Waals surface area contributed by atoms with E-state index in [1.54, 1.807) is 0 Å². The van der Waals surface area contributed by atoms with Gasteiger partial charge in [0.1, 0.15) is 5.82 Å². The van der Waals surface area contributed by atoms with Gasteiger partial charge in [0.25, 0.3) is 0 Å². The third-order valence-electron chi connectivity index (χ3n) is 3.57. The first-order valence-electron chi connectivity index (χ1n) is 6.19. The first kappa shape index (κ1) is 10.6. The fraction of sp³-hybridized carbons (Fsp3) is 0.462. The van der Waals surface area contributed by atoms with Crippen LogP contribution in [0.3, 0.4) is 0 Å². The van der Waals surface area contributed by atoms with Crippen LogP contribution < -0.4 is 0 Å². The molecule has 1 aliphatic rings. The Balaban J connectivity index is 1.76. The summed E-state index contributed by atoms with van der Waals surface area (Å²) in [5, 5.41) is 9.49. The lowest BCUT2D eigenvalue weighted by atomic mass is 9.87. The van der Waals surface area contributed by atoms with Crippen LogP contribution >= 0.6 is 0 Å². The van der Waals surface area contributed by atoms with Gasteiger partial charge in [-0.15, -0.1) is 0 Å². The lowest BCUT2D eigenvalue weighted by Crippen LogP contribution is -2.17. The molecule has 0 atom stereocenters. The van der Waals surface area contributed by atoms with Crippen molar-refractivity contribution in [3.05, 3.63) is 30.4 Å². The molecule has 0 unspecified atom stereocenters. The zero-order valence-corrected chi connectivity index (χ0v) is 9.69. The van der Waals surface area contributed by atoms with E-state index in [4.69, 9.17) is 0 Å². The summed E-state index contributed by atoms with van der Waals surface area (Å²) in [6, 6.07) is 4.01. The molecule has 0 radical (unpaired) electrons. The van der Waals surface area contributed by atoms with Crippen LogP contribution in [0.1, 0.15) is 37.4 Å². The van der Waals surface area contributed by atoms with Crippen LogP contribution in [0.4, 0.5) is 0 Å². The Morgan fingerprint density at radius 3 is 2.71 bits per heavy atom. The van der Waals surface area contributed by atoms with E-state index >= 15 is 0 Å². The van der Waals surface area contributed by atoms with Gasteiger partial charge in [0, 0.05) is 12.1 Å². The molecule has 3 rings (SSSR count). The highest BCUT2D eigenvalue weighted by Crippen LogP contribution is 2.32. The summed E-state index contributed by atoms with van der Waals surface area (Å²) in [7, 11) is 0. The molecule has 0 saturated heterocycles. The maximum absolute atomic E-state index is 9.49. The fourth-order valence-corrected chi connectivity index (χ4v) is 2.53. The molecule has 0 aromatic carbocycles. The van der Waals surface area contributed by atoms with Gasteiger partial charge >= 0.3 is 0 Å². The minimum absolute atomic E-state index is 0.107. The zero-order chi connectivity index (χ0) is 11.7. The molecule has 0 amide bonds. The third kappa shape index (κ3) is 2.13. The lowest BCUT2D eigenvalue weighted by molar-refractivity contribution is 0.121. The Bertz CT molecular complexity index is 467. The van der Waals surface area contributed by atoms with Gasteiger partial charge < -0.3 is 15.1 Å². The third-order valence-corrected chi connectivity index (χ3v) is 3.57. The normalized spacial score (nSPS) is 25.0. The van der Waals surface area contributed by atoms with Crippen LogP contribution in [-0.2, 0) is 0 Å². The molecule has 2 heterocycles. The van der Waals surface area contributed by atoms with E-state index in [0.717, 1.165) is 42.9 Å². The fourth-order valence-electron chi connectivity index (χ4n) is 2.53. The van der Waals surface area contributed by atoms with E-state index in [0.29, 0.717) is 5.92 Å². The van der Waals surface area contributed by atoms with E-state index in [2.05, 4.69) is 15.0 Å². The van der Waals surface area contributed by atoms with E-state index in [9.17, 15) is 5.11 Å². The Hall–Kier alpha value is -1.55. The average molecular weight is 231 g/mol. The second kappa shape index (κ2) is 4.37. The van der Waals surface area contributed by atoms with Gasteiger partial charge in [-0.3, -0.25) is 0 Å². The van der Waals surface area contributed by atoms with Crippen LogP contribution in [0.15, 0.2) is 24.5 Å². The molecule has 2 aromatic heterocycles. The average Bonchev–Trinajstić information content (AvgIpc) is 3.00. The minimum atomic E-state index is -0.107. The van der Waals surface area contributed by atoms with Crippen LogP contribution in [0, 0.1) is 0 Å². The van der Waals surface area contributed by atoms with Crippen molar-refractivity contribution in [3.8, 4) is 11.4 Å². The Labute approximate surface area is 100 Å². The lowest BCUT2D eigenvalue weighted by Gasteiger charge is -2.23. The summed E-state index contributed by atoms with van der Waals surface area (Å²) < 4.78 is 0. The van der Waals surface area contributed by atoms with Crippen molar-refractivity contribution in [2.24, 2.45) is 0 Å². The topological polar surface area (TPSA) is 64.7 Å². The van der Waals surface area contributed by atoms with Crippen LogP contribution in [0.5, 0.6) is 0 Å². The number of aliphatic hydroxyl groups is 1. The molecule has 3 N–H and O–H groups in total. The maximum Gasteiger partial charge on any atom is 0.109 e. The minimum Gasteiger partial charge on any atom is -0.393 e. The highest BCUT2D eigenvalue weighted by Gasteiger charge is 2.22. The Morgan fingerprint density at radius 2 is 2.00 bits per heavy atom. The summed E-state index contributed by atoms with van der Waals surface area (Å²) in [6.45, 7) is 0. The number of aromatic amines is 2. The van der Waals surface area contributed by atoms with Gasteiger partial charge in [-0.25, -0.2) is 4.98 Å². The predicted molar refractivity (Wildman–Crippen MR) is 65.6 cm³/mol. The van der Waals surface area contributed by atoms with E-state index < -0.39 is 0 Å². The zero-order valence-electron chi connectivity index (χ0n) is 9.69. The van der Waals surface area contributed by atoms with Crippen LogP contribution in [-0.4, -0.2) is 26.2 Å². The molecule has 4 nitrogen and oxygen atoms in total. The standard InChI is InChI=1S/C13H17N3O/c17-10-5-3-9(4-6-10)13-15-8-12(16-13)11-2-1-7-14-11/h1-2,7-10,14,17H,3-6H2,(H,15,16). The van der Waals surface area contributed by atoms with Crippen molar-refractivity contribution in [3.63, 3.8) is 0 Å². The molecule has 1 aliphatic carbocycles. The number of aromatic nitrogens is 3. The first-order chi connectivity index (χ1) is 8.33. The maximum atomic E-state index is 9.49. The molecule has 0 bridgehead atoms. The first-order valence-corrected chi connectivity index (χ1v) is 6.19. The quantitative estimate of drug-likeness (QED) is 0.743. The summed E-state index contributed by atoms with van der Waals surface area (Å²) in [5.41, 5.74) is 2.11. The monoisotopic (exact) mass is 231 g/mol. The van der Waals surface area contributed by atoms with Gasteiger partial charge in [-0.05, 0) is 37.8 Å². The van der Waals surface area contributed by atoms with E-state index in [1.165, 1.54) is 0 Å². The number of nitrogens with one attached hydrogen (secondary N) is 2. The van der Waals surface area contributed by atoms with Crippen LogP contribution in [0.25, 0.3) is 11.4 Å². The molecule has 17 heavy (non-hydrogen) atoms. The van der Waals surface area contributed by atoms with Gasteiger partial charge in [0.05, 0.1) is 23.7 Å². The van der Waals surface area contributed by atoms with E-state index in [1.807, 2.05) is 24.5 Å². The molecule has 1 fully saturated rings. The number of imidazole rings is 1. The van der Waals surface area contributed by atoms with Gasteiger partial charge in [0.2, 0.25) is 0 Å². The summed E-state index contributed by atoms with van der Waals surface area (Å²) >= 11 is 0. The molecule has 1 saturated carbocycles. The van der Waals surface area contributed by atoms with Crippen molar-refractivity contribution in [2.75, 3.05) is 0 Å². The number of hydrogen-bond donors (Lipinski definition) is 3. The molecule has 2 aromatic rings. The largest absolute Gasteiger partial charge is 0.393 e. The van der Waals surface area contributed by atoms with Gasteiger partial charge in [0.15, 0.2) is 0 Å². The van der Waals surface area contributed by atoms with Gasteiger partial charge in [-0.2, -0.15) is 0 Å². The van der Waals surface area contributed by atoms with Crippen molar-refractivity contribution in [1.29, 1.82) is 0 Å². The second-order valence-corrected chi connectivity index (χ2v) is 4.77. The summed E-state index contributed by atoms with van der Waals surface area (Å²) in [5.74, 6) is 1.53.